The Labute approximate surface area is 122 Å². The van der Waals surface area contributed by atoms with E-state index in [4.69, 9.17) is 4.74 Å². The normalized spacial score (nSPS) is 19.1. The fraction of sp³-hybridized carbons (Fsp3) is 0.368. The lowest BCUT2D eigenvalue weighted by Crippen LogP contribution is -1.94. The molecule has 0 N–H and O–H groups in total. The highest BCUT2D eigenvalue weighted by atomic mass is 16.5. The number of unbranched alkanes of at least 4 members (excludes halogenated alkanes) is 1. The fourth-order valence-electron chi connectivity index (χ4n) is 2.73. The molecule has 1 heterocycles. The van der Waals surface area contributed by atoms with Gasteiger partial charge in [-0.25, -0.2) is 0 Å². The lowest BCUT2D eigenvalue weighted by Gasteiger charge is -2.13. The Bertz CT molecular complexity index is 510. The molecule has 20 heavy (non-hydrogen) atoms. The zero-order valence-corrected chi connectivity index (χ0v) is 12.4. The molecule has 0 radical (unpaired) electrons. The van der Waals surface area contributed by atoms with Crippen molar-refractivity contribution < 1.29 is 4.74 Å². The fourth-order valence-corrected chi connectivity index (χ4v) is 2.73. The van der Waals surface area contributed by atoms with E-state index in [1.54, 1.807) is 0 Å². The van der Waals surface area contributed by atoms with Crippen LogP contribution in [0.5, 0.6) is 0 Å². The smallest absolute Gasteiger partial charge is 0.128 e. The van der Waals surface area contributed by atoms with E-state index < -0.39 is 0 Å². The second-order valence-electron chi connectivity index (χ2n) is 5.25. The Morgan fingerprint density at radius 3 is 2.75 bits per heavy atom. The number of benzene rings is 1. The summed E-state index contributed by atoms with van der Waals surface area (Å²) in [5, 5.41) is 0. The molecule has 1 atom stereocenters. The highest BCUT2D eigenvalue weighted by Gasteiger charge is 2.28. The second kappa shape index (κ2) is 7.14. The van der Waals surface area contributed by atoms with Crippen LogP contribution in [-0.2, 0) is 4.74 Å². The number of hydrogen-bond acceptors (Lipinski definition) is 1. The molecular weight excluding hydrogens is 244 g/mol. The molecule has 1 aliphatic heterocycles. The van der Waals surface area contributed by atoms with E-state index in [1.807, 2.05) is 12.2 Å². The van der Waals surface area contributed by atoms with Gasteiger partial charge in [0.1, 0.15) is 11.9 Å². The lowest BCUT2D eigenvalue weighted by molar-refractivity contribution is 0.189. The van der Waals surface area contributed by atoms with Crippen LogP contribution >= 0.6 is 0 Å². The monoisotopic (exact) mass is 268 g/mol. The van der Waals surface area contributed by atoms with Crippen LogP contribution in [0.2, 0.25) is 0 Å². The minimum absolute atomic E-state index is 0.125. The first-order valence-corrected chi connectivity index (χ1v) is 7.51. The van der Waals surface area contributed by atoms with Crippen LogP contribution in [-0.4, -0.2) is 0 Å². The number of rotatable bonds is 7. The van der Waals surface area contributed by atoms with E-state index in [2.05, 4.69) is 44.3 Å². The van der Waals surface area contributed by atoms with Gasteiger partial charge < -0.3 is 4.74 Å². The third kappa shape index (κ3) is 3.04. The summed E-state index contributed by atoms with van der Waals surface area (Å²) >= 11 is 0. The molecule has 0 aromatic heterocycles. The van der Waals surface area contributed by atoms with Crippen LogP contribution < -0.4 is 0 Å². The molecule has 0 aliphatic carbocycles. The Balaban J connectivity index is 2.39. The first-order chi connectivity index (χ1) is 9.81. The predicted octanol–water partition coefficient (Wildman–Crippen LogP) is 5.81. The van der Waals surface area contributed by atoms with Gasteiger partial charge in [0.2, 0.25) is 0 Å². The Morgan fingerprint density at radius 2 is 2.05 bits per heavy atom. The predicted molar refractivity (Wildman–Crippen MR) is 86.3 cm³/mol. The maximum absolute atomic E-state index is 6.24. The summed E-state index contributed by atoms with van der Waals surface area (Å²) in [6, 6.07) is 8.51. The molecular formula is C19H24O. The molecule has 1 heteroatoms. The molecule has 0 saturated heterocycles. The molecule has 106 valence electrons. The highest BCUT2D eigenvalue weighted by Crippen LogP contribution is 2.43. The van der Waals surface area contributed by atoms with Crippen LogP contribution in [0.1, 0.15) is 56.3 Å². The van der Waals surface area contributed by atoms with Crippen LogP contribution in [0.25, 0.3) is 5.76 Å². The first-order valence-electron chi connectivity index (χ1n) is 7.51. The molecule has 1 nitrogen and oxygen atoms in total. The number of fused-ring (bicyclic) bond motifs is 1. The van der Waals surface area contributed by atoms with Crippen molar-refractivity contribution in [2.75, 3.05) is 0 Å². The summed E-state index contributed by atoms with van der Waals surface area (Å²) in [6.07, 6.45) is 9.29. The van der Waals surface area contributed by atoms with Gasteiger partial charge in [-0.2, -0.15) is 0 Å². The second-order valence-corrected chi connectivity index (χ2v) is 5.25. The van der Waals surface area contributed by atoms with Gasteiger partial charge >= 0.3 is 0 Å². The van der Waals surface area contributed by atoms with Gasteiger partial charge in [-0.05, 0) is 24.8 Å². The number of allylic oxidation sites excluding steroid dienone is 2. The summed E-state index contributed by atoms with van der Waals surface area (Å²) in [6.45, 7) is 9.95. The molecule has 1 aliphatic rings. The SMILES string of the molecule is C=CC/C(CCCC)=C1/OC(CC=C)c2ccccc21. The van der Waals surface area contributed by atoms with E-state index in [0.29, 0.717) is 0 Å². The zero-order valence-electron chi connectivity index (χ0n) is 12.4. The van der Waals surface area contributed by atoms with Gasteiger partial charge in [0.05, 0.1) is 0 Å². The summed E-state index contributed by atoms with van der Waals surface area (Å²) < 4.78 is 6.24. The van der Waals surface area contributed by atoms with E-state index in [1.165, 1.54) is 29.5 Å². The molecule has 0 spiro atoms. The standard InChI is InChI=1S/C19H24O/c1-4-7-12-15(10-5-2)19-17-14-9-8-13-16(17)18(20-19)11-6-3/h5-6,8-9,13-14,18H,2-4,7,10-12H2,1H3/b19-15-. The van der Waals surface area contributed by atoms with E-state index >= 15 is 0 Å². The average Bonchev–Trinajstić information content (AvgIpc) is 2.83. The third-order valence-electron chi connectivity index (χ3n) is 3.74. The van der Waals surface area contributed by atoms with Crippen molar-refractivity contribution in [3.05, 3.63) is 66.3 Å². The van der Waals surface area contributed by atoms with Gasteiger partial charge in [-0.1, -0.05) is 49.8 Å². The molecule has 0 bridgehead atoms. The lowest BCUT2D eigenvalue weighted by atomic mass is 9.97. The Kier molecular flexibility index (Phi) is 5.23. The van der Waals surface area contributed by atoms with E-state index in [0.717, 1.165) is 25.0 Å². The minimum Gasteiger partial charge on any atom is -0.485 e. The summed E-state index contributed by atoms with van der Waals surface area (Å²) in [7, 11) is 0. The van der Waals surface area contributed by atoms with Gasteiger partial charge in [-0.3, -0.25) is 0 Å². The first kappa shape index (κ1) is 14.6. The van der Waals surface area contributed by atoms with Crippen LogP contribution in [0.15, 0.2) is 55.1 Å². The number of ether oxygens (including phenoxy) is 1. The van der Waals surface area contributed by atoms with Crippen LogP contribution in [0, 0.1) is 0 Å². The van der Waals surface area contributed by atoms with Crippen molar-refractivity contribution in [2.24, 2.45) is 0 Å². The summed E-state index contributed by atoms with van der Waals surface area (Å²) in [4.78, 5) is 0. The van der Waals surface area contributed by atoms with Crippen molar-refractivity contribution in [1.29, 1.82) is 0 Å². The van der Waals surface area contributed by atoms with Crippen molar-refractivity contribution in [3.63, 3.8) is 0 Å². The Morgan fingerprint density at radius 1 is 1.25 bits per heavy atom. The van der Waals surface area contributed by atoms with Crippen molar-refractivity contribution in [3.8, 4) is 0 Å². The van der Waals surface area contributed by atoms with E-state index in [-0.39, 0.29) is 6.10 Å². The van der Waals surface area contributed by atoms with Gasteiger partial charge in [0.15, 0.2) is 0 Å². The summed E-state index contributed by atoms with van der Waals surface area (Å²) in [5.74, 6) is 1.08. The molecule has 0 saturated carbocycles. The molecule has 1 unspecified atom stereocenters. The largest absolute Gasteiger partial charge is 0.485 e. The van der Waals surface area contributed by atoms with Crippen LogP contribution in [0.3, 0.4) is 0 Å². The third-order valence-corrected chi connectivity index (χ3v) is 3.74. The van der Waals surface area contributed by atoms with Gasteiger partial charge in [0.25, 0.3) is 0 Å². The number of hydrogen-bond donors (Lipinski definition) is 0. The molecule has 0 fully saturated rings. The van der Waals surface area contributed by atoms with E-state index in [9.17, 15) is 0 Å². The topological polar surface area (TPSA) is 9.23 Å². The van der Waals surface area contributed by atoms with Crippen LogP contribution in [0.4, 0.5) is 0 Å². The van der Waals surface area contributed by atoms with Gasteiger partial charge in [0, 0.05) is 17.5 Å². The molecule has 1 aromatic rings. The zero-order chi connectivity index (χ0) is 14.4. The highest BCUT2D eigenvalue weighted by molar-refractivity contribution is 5.70. The van der Waals surface area contributed by atoms with Crippen molar-refractivity contribution in [1.82, 2.24) is 0 Å². The summed E-state index contributed by atoms with van der Waals surface area (Å²) in [5.41, 5.74) is 3.92. The Hall–Kier alpha value is -1.76. The van der Waals surface area contributed by atoms with Crippen molar-refractivity contribution >= 4 is 5.76 Å². The molecule has 2 rings (SSSR count). The average molecular weight is 268 g/mol. The van der Waals surface area contributed by atoms with Crippen molar-refractivity contribution in [2.45, 2.75) is 45.1 Å². The molecule has 0 amide bonds. The molecule has 1 aromatic carbocycles. The minimum atomic E-state index is 0.125. The quantitative estimate of drug-likeness (QED) is 0.567. The van der Waals surface area contributed by atoms with Gasteiger partial charge in [-0.15, -0.1) is 13.2 Å². The maximum atomic E-state index is 6.24. The maximum Gasteiger partial charge on any atom is 0.128 e.